The zero-order chi connectivity index (χ0) is 15.4. The van der Waals surface area contributed by atoms with Gasteiger partial charge < -0.3 is 5.11 Å². The number of carboxylic acids is 1. The molecule has 0 aromatic carbocycles. The van der Waals surface area contributed by atoms with Gasteiger partial charge >= 0.3 is 5.97 Å². The number of hydrogen-bond acceptors (Lipinski definition) is 3. The molecule has 0 bridgehead atoms. The van der Waals surface area contributed by atoms with E-state index in [0.717, 1.165) is 12.8 Å². The number of rotatable bonds is 7. The number of piperidine rings is 1. The summed E-state index contributed by atoms with van der Waals surface area (Å²) >= 11 is 0. The summed E-state index contributed by atoms with van der Waals surface area (Å²) in [4.78, 5) is 11.5. The van der Waals surface area contributed by atoms with E-state index in [1.165, 1.54) is 8.61 Å². The predicted molar refractivity (Wildman–Crippen MR) is 77.6 cm³/mol. The van der Waals surface area contributed by atoms with E-state index in [0.29, 0.717) is 32.4 Å². The van der Waals surface area contributed by atoms with Crippen LogP contribution in [0, 0.1) is 5.41 Å². The summed E-state index contributed by atoms with van der Waals surface area (Å²) < 4.78 is 27.6. The highest BCUT2D eigenvalue weighted by Gasteiger charge is 2.44. The van der Waals surface area contributed by atoms with Crippen molar-refractivity contribution in [2.24, 2.45) is 5.41 Å². The van der Waals surface area contributed by atoms with E-state index in [1.807, 2.05) is 13.8 Å². The van der Waals surface area contributed by atoms with Crippen LogP contribution >= 0.6 is 0 Å². The molecular weight excluding hydrogens is 280 g/mol. The standard InChI is InChI=1S/C13H26N2O4S/c1-4-6-9-14(3)20(18,19)15-10-7-8-13(5-2,11-15)12(16)17/h4-11H2,1-3H3,(H,16,17). The lowest BCUT2D eigenvalue weighted by Gasteiger charge is -2.39. The van der Waals surface area contributed by atoms with E-state index in [1.54, 1.807) is 7.05 Å². The quantitative estimate of drug-likeness (QED) is 0.774. The molecule has 1 aliphatic heterocycles. The minimum absolute atomic E-state index is 0.0810. The average Bonchev–Trinajstić information content (AvgIpc) is 2.44. The number of aliphatic carboxylic acids is 1. The van der Waals surface area contributed by atoms with Crippen molar-refractivity contribution in [1.29, 1.82) is 0 Å². The van der Waals surface area contributed by atoms with Gasteiger partial charge in [-0.15, -0.1) is 0 Å². The fourth-order valence-corrected chi connectivity index (χ4v) is 4.12. The maximum atomic E-state index is 12.5. The second-order valence-corrected chi connectivity index (χ2v) is 7.59. The third-order valence-electron chi connectivity index (χ3n) is 4.22. The smallest absolute Gasteiger partial charge is 0.310 e. The molecule has 118 valence electrons. The Morgan fingerprint density at radius 3 is 2.55 bits per heavy atom. The van der Waals surface area contributed by atoms with Gasteiger partial charge in [0.25, 0.3) is 10.2 Å². The van der Waals surface area contributed by atoms with Gasteiger partial charge in [-0.1, -0.05) is 20.3 Å². The molecule has 0 saturated carbocycles. The van der Waals surface area contributed by atoms with E-state index in [-0.39, 0.29) is 6.54 Å². The van der Waals surface area contributed by atoms with Crippen molar-refractivity contribution in [2.75, 3.05) is 26.7 Å². The van der Waals surface area contributed by atoms with Crippen molar-refractivity contribution in [3.05, 3.63) is 0 Å². The Hall–Kier alpha value is -0.660. The summed E-state index contributed by atoms with van der Waals surface area (Å²) in [5.41, 5.74) is -0.934. The largest absolute Gasteiger partial charge is 0.481 e. The molecule has 1 N–H and O–H groups in total. The fourth-order valence-electron chi connectivity index (χ4n) is 2.59. The monoisotopic (exact) mass is 306 g/mol. The summed E-state index contributed by atoms with van der Waals surface area (Å²) in [7, 11) is -1.98. The molecule has 0 aromatic rings. The molecule has 0 aliphatic carbocycles. The highest BCUT2D eigenvalue weighted by atomic mass is 32.2. The second-order valence-electron chi connectivity index (χ2n) is 5.56. The Morgan fingerprint density at radius 1 is 1.40 bits per heavy atom. The van der Waals surface area contributed by atoms with Gasteiger partial charge in [-0.25, -0.2) is 0 Å². The van der Waals surface area contributed by atoms with Crippen LogP contribution in [0.2, 0.25) is 0 Å². The lowest BCUT2D eigenvalue weighted by atomic mass is 9.78. The van der Waals surface area contributed by atoms with Crippen LogP contribution in [0.25, 0.3) is 0 Å². The second kappa shape index (κ2) is 6.87. The van der Waals surface area contributed by atoms with Gasteiger partial charge in [-0.2, -0.15) is 17.0 Å². The zero-order valence-electron chi connectivity index (χ0n) is 12.6. The molecule has 0 amide bonds. The molecule has 1 fully saturated rings. The topological polar surface area (TPSA) is 77.9 Å². The van der Waals surface area contributed by atoms with Crippen LogP contribution in [0.3, 0.4) is 0 Å². The Labute approximate surface area is 121 Å². The Morgan fingerprint density at radius 2 is 2.05 bits per heavy atom. The van der Waals surface area contributed by atoms with E-state index in [4.69, 9.17) is 0 Å². The third kappa shape index (κ3) is 3.51. The fraction of sp³-hybridized carbons (Fsp3) is 0.923. The first-order chi connectivity index (χ1) is 9.30. The summed E-state index contributed by atoms with van der Waals surface area (Å²) in [5.74, 6) is -0.892. The number of nitrogens with zero attached hydrogens (tertiary/aromatic N) is 2. The molecule has 1 atom stereocenters. The summed E-state index contributed by atoms with van der Waals surface area (Å²) in [5, 5.41) is 9.42. The molecular formula is C13H26N2O4S. The van der Waals surface area contributed by atoms with Crippen molar-refractivity contribution < 1.29 is 18.3 Å². The van der Waals surface area contributed by atoms with E-state index < -0.39 is 21.6 Å². The van der Waals surface area contributed by atoms with E-state index in [2.05, 4.69) is 0 Å². The van der Waals surface area contributed by atoms with Crippen LogP contribution < -0.4 is 0 Å². The SMILES string of the molecule is CCCCN(C)S(=O)(=O)N1CCCC(CC)(C(=O)O)C1. The Bertz CT molecular complexity index is 438. The summed E-state index contributed by atoms with van der Waals surface area (Å²) in [6.07, 6.45) is 3.33. The number of unbranched alkanes of at least 4 members (excludes halogenated alkanes) is 1. The van der Waals surface area contributed by atoms with Crippen LogP contribution in [0.4, 0.5) is 0 Å². The molecule has 1 rings (SSSR count). The molecule has 0 aromatic heterocycles. The Kier molecular flexibility index (Phi) is 5.97. The minimum atomic E-state index is -3.55. The Balaban J connectivity index is 2.88. The first-order valence-corrected chi connectivity index (χ1v) is 8.64. The first-order valence-electron chi connectivity index (χ1n) is 7.25. The average molecular weight is 306 g/mol. The minimum Gasteiger partial charge on any atom is -0.481 e. The van der Waals surface area contributed by atoms with Crippen molar-refractivity contribution in [3.8, 4) is 0 Å². The molecule has 1 saturated heterocycles. The molecule has 1 unspecified atom stereocenters. The molecule has 1 aliphatic rings. The number of hydrogen-bond donors (Lipinski definition) is 1. The van der Waals surface area contributed by atoms with Gasteiger partial charge in [0.15, 0.2) is 0 Å². The molecule has 1 heterocycles. The van der Waals surface area contributed by atoms with Crippen LogP contribution in [0.15, 0.2) is 0 Å². The third-order valence-corrected chi connectivity index (χ3v) is 6.15. The highest BCUT2D eigenvalue weighted by molar-refractivity contribution is 7.86. The summed E-state index contributed by atoms with van der Waals surface area (Å²) in [6.45, 7) is 4.78. The van der Waals surface area contributed by atoms with E-state index in [9.17, 15) is 18.3 Å². The van der Waals surface area contributed by atoms with Crippen LogP contribution in [-0.4, -0.2) is 54.8 Å². The predicted octanol–water partition coefficient (Wildman–Crippen LogP) is 1.54. The normalized spacial score (nSPS) is 25.0. The number of carboxylic acid groups (broad SMARTS) is 1. The molecule has 20 heavy (non-hydrogen) atoms. The van der Waals surface area contributed by atoms with Gasteiger partial charge in [-0.3, -0.25) is 4.79 Å². The van der Waals surface area contributed by atoms with Gasteiger partial charge in [-0.05, 0) is 25.7 Å². The van der Waals surface area contributed by atoms with Gasteiger partial charge in [0, 0.05) is 26.7 Å². The highest BCUT2D eigenvalue weighted by Crippen LogP contribution is 2.35. The molecule has 6 nitrogen and oxygen atoms in total. The van der Waals surface area contributed by atoms with Crippen LogP contribution in [0.5, 0.6) is 0 Å². The molecule has 0 radical (unpaired) electrons. The number of carbonyl (C=O) groups is 1. The van der Waals surface area contributed by atoms with Crippen molar-refractivity contribution in [2.45, 2.75) is 46.0 Å². The zero-order valence-corrected chi connectivity index (χ0v) is 13.4. The van der Waals surface area contributed by atoms with Crippen molar-refractivity contribution in [3.63, 3.8) is 0 Å². The van der Waals surface area contributed by atoms with Crippen LogP contribution in [0.1, 0.15) is 46.0 Å². The summed E-state index contributed by atoms with van der Waals surface area (Å²) in [6, 6.07) is 0. The van der Waals surface area contributed by atoms with Crippen molar-refractivity contribution in [1.82, 2.24) is 8.61 Å². The molecule has 7 heteroatoms. The van der Waals surface area contributed by atoms with Crippen molar-refractivity contribution >= 4 is 16.2 Å². The lowest BCUT2D eigenvalue weighted by Crippen LogP contribution is -2.53. The van der Waals surface area contributed by atoms with E-state index >= 15 is 0 Å². The molecule has 0 spiro atoms. The lowest BCUT2D eigenvalue weighted by molar-refractivity contribution is -0.151. The maximum absolute atomic E-state index is 12.5. The maximum Gasteiger partial charge on any atom is 0.310 e. The van der Waals surface area contributed by atoms with Gasteiger partial charge in [0.1, 0.15) is 0 Å². The van der Waals surface area contributed by atoms with Gasteiger partial charge in [0.2, 0.25) is 0 Å². The van der Waals surface area contributed by atoms with Crippen LogP contribution in [-0.2, 0) is 15.0 Å². The van der Waals surface area contributed by atoms with Gasteiger partial charge in [0.05, 0.1) is 5.41 Å². The first kappa shape index (κ1) is 17.4.